The first kappa shape index (κ1) is 23.1. The van der Waals surface area contributed by atoms with Gasteiger partial charge in [-0.05, 0) is 42.5 Å². The number of carbonyl (C=O) groups excluding carboxylic acids is 2. The van der Waals surface area contributed by atoms with Crippen LogP contribution in [-0.2, 0) is 4.79 Å². The second kappa shape index (κ2) is 9.29. The summed E-state index contributed by atoms with van der Waals surface area (Å²) in [7, 11) is 0. The molecular weight excluding hydrogens is 486 g/mol. The van der Waals surface area contributed by atoms with Crippen molar-refractivity contribution in [1.82, 2.24) is 4.57 Å². The van der Waals surface area contributed by atoms with Crippen molar-refractivity contribution >= 4 is 51.1 Å². The van der Waals surface area contributed by atoms with Crippen LogP contribution in [0.1, 0.15) is 10.4 Å². The molecule has 6 rings (SSSR count). The SMILES string of the molecule is O=C(O)c1cc(NC(=O)C2COc3ccccc3O2)cc(NC(=O)n2c3ccccc3c3ccccc32)c1. The second-order valence-electron chi connectivity index (χ2n) is 8.76. The molecule has 5 aromatic rings. The maximum absolute atomic E-state index is 13.5. The van der Waals surface area contributed by atoms with E-state index in [-0.39, 0.29) is 23.5 Å². The lowest BCUT2D eigenvalue weighted by Gasteiger charge is -2.25. The number of carboxylic acid groups (broad SMARTS) is 1. The summed E-state index contributed by atoms with van der Waals surface area (Å²) in [5, 5.41) is 17.0. The van der Waals surface area contributed by atoms with Gasteiger partial charge >= 0.3 is 12.0 Å². The molecule has 2 amide bonds. The Morgan fingerprint density at radius 2 is 1.34 bits per heavy atom. The smallest absolute Gasteiger partial charge is 0.335 e. The zero-order chi connectivity index (χ0) is 26.2. The van der Waals surface area contributed by atoms with Crippen LogP contribution in [0.5, 0.6) is 11.5 Å². The second-order valence-corrected chi connectivity index (χ2v) is 8.76. The summed E-state index contributed by atoms with van der Waals surface area (Å²) in [5.41, 5.74) is 1.72. The molecule has 0 fully saturated rings. The summed E-state index contributed by atoms with van der Waals surface area (Å²) in [5.74, 6) is -0.738. The van der Waals surface area contributed by atoms with Crippen molar-refractivity contribution in [2.24, 2.45) is 0 Å². The molecule has 1 aliphatic rings. The maximum Gasteiger partial charge on any atom is 0.335 e. The zero-order valence-corrected chi connectivity index (χ0v) is 19.9. The number of benzene rings is 4. The Morgan fingerprint density at radius 3 is 2.00 bits per heavy atom. The third-order valence-electron chi connectivity index (χ3n) is 6.28. The molecule has 0 saturated heterocycles. The molecule has 1 aliphatic heterocycles. The predicted molar refractivity (Wildman–Crippen MR) is 142 cm³/mol. The quantitative estimate of drug-likeness (QED) is 0.302. The third kappa shape index (κ3) is 4.16. The fraction of sp³-hybridized carbons (Fsp3) is 0.0690. The number of para-hydroxylation sites is 4. The van der Waals surface area contributed by atoms with Crippen LogP contribution in [0.2, 0.25) is 0 Å². The average molecular weight is 508 g/mol. The van der Waals surface area contributed by atoms with Gasteiger partial charge in [0.05, 0.1) is 16.6 Å². The Kier molecular flexibility index (Phi) is 5.65. The highest BCUT2D eigenvalue weighted by atomic mass is 16.6. The van der Waals surface area contributed by atoms with Crippen LogP contribution in [0.25, 0.3) is 21.8 Å². The van der Waals surface area contributed by atoms with Crippen LogP contribution in [0, 0.1) is 0 Å². The van der Waals surface area contributed by atoms with Gasteiger partial charge in [-0.2, -0.15) is 0 Å². The van der Waals surface area contributed by atoms with Crippen LogP contribution >= 0.6 is 0 Å². The molecule has 188 valence electrons. The van der Waals surface area contributed by atoms with Crippen LogP contribution in [-0.4, -0.2) is 40.3 Å². The van der Waals surface area contributed by atoms with Gasteiger partial charge in [-0.15, -0.1) is 0 Å². The number of amides is 2. The van der Waals surface area contributed by atoms with Crippen molar-refractivity contribution in [2.75, 3.05) is 17.2 Å². The van der Waals surface area contributed by atoms with Crippen LogP contribution in [0.4, 0.5) is 16.2 Å². The van der Waals surface area contributed by atoms with Gasteiger partial charge in [0.2, 0.25) is 6.10 Å². The first-order chi connectivity index (χ1) is 18.5. The molecule has 3 N–H and O–H groups in total. The van der Waals surface area contributed by atoms with Gasteiger partial charge < -0.3 is 25.2 Å². The first-order valence-electron chi connectivity index (χ1n) is 11.9. The number of hydrogen-bond acceptors (Lipinski definition) is 5. The highest BCUT2D eigenvalue weighted by Crippen LogP contribution is 2.32. The van der Waals surface area contributed by atoms with E-state index in [1.165, 1.54) is 18.2 Å². The van der Waals surface area contributed by atoms with Crippen molar-refractivity contribution < 1.29 is 29.0 Å². The fourth-order valence-electron chi connectivity index (χ4n) is 4.59. The topological polar surface area (TPSA) is 119 Å². The van der Waals surface area contributed by atoms with Gasteiger partial charge in [0.1, 0.15) is 6.61 Å². The molecule has 2 heterocycles. The van der Waals surface area contributed by atoms with Gasteiger partial charge in [-0.25, -0.2) is 9.59 Å². The summed E-state index contributed by atoms with van der Waals surface area (Å²) >= 11 is 0. The third-order valence-corrected chi connectivity index (χ3v) is 6.28. The molecular formula is C29H21N3O6. The van der Waals surface area contributed by atoms with Crippen LogP contribution in [0.15, 0.2) is 91.0 Å². The Bertz CT molecular complexity index is 1690. The minimum absolute atomic E-state index is 0.00115. The number of anilines is 2. The first-order valence-corrected chi connectivity index (χ1v) is 11.9. The van der Waals surface area contributed by atoms with E-state index >= 15 is 0 Å². The van der Waals surface area contributed by atoms with Gasteiger partial charge in [0, 0.05) is 22.1 Å². The molecule has 4 aromatic carbocycles. The van der Waals surface area contributed by atoms with E-state index in [9.17, 15) is 19.5 Å². The number of nitrogens with one attached hydrogen (secondary N) is 2. The molecule has 38 heavy (non-hydrogen) atoms. The van der Waals surface area contributed by atoms with Crippen molar-refractivity contribution in [3.8, 4) is 11.5 Å². The molecule has 9 heteroatoms. The minimum Gasteiger partial charge on any atom is -0.485 e. The maximum atomic E-state index is 13.5. The molecule has 1 unspecified atom stereocenters. The van der Waals surface area contributed by atoms with E-state index < -0.39 is 24.0 Å². The Morgan fingerprint density at radius 1 is 0.763 bits per heavy atom. The fourth-order valence-corrected chi connectivity index (χ4v) is 4.59. The number of hydrogen-bond donors (Lipinski definition) is 3. The van der Waals surface area contributed by atoms with Crippen molar-refractivity contribution in [1.29, 1.82) is 0 Å². The summed E-state index contributed by atoms with van der Waals surface area (Å²) in [6.07, 6.45) is -0.936. The standard InChI is InChI=1S/C29H21N3O6/c33-27(26-16-37-24-11-5-6-12-25(24)38-26)30-18-13-17(28(34)35)14-19(15-18)31-29(36)32-22-9-3-1-7-20(22)21-8-2-4-10-23(21)32/h1-15,26H,16H2,(H,30,33)(H,31,36)(H,34,35). The van der Waals surface area contributed by atoms with Gasteiger partial charge in [0.25, 0.3) is 5.91 Å². The monoisotopic (exact) mass is 507 g/mol. The highest BCUT2D eigenvalue weighted by Gasteiger charge is 2.27. The summed E-state index contributed by atoms with van der Waals surface area (Å²) in [4.78, 5) is 38.2. The number of aromatic nitrogens is 1. The molecule has 0 bridgehead atoms. The number of fused-ring (bicyclic) bond motifs is 4. The van der Waals surface area contributed by atoms with E-state index in [0.717, 1.165) is 10.8 Å². The van der Waals surface area contributed by atoms with Gasteiger partial charge in [-0.1, -0.05) is 48.5 Å². The van der Waals surface area contributed by atoms with Crippen LogP contribution < -0.4 is 20.1 Å². The molecule has 1 atom stereocenters. The lowest BCUT2D eigenvalue weighted by Crippen LogP contribution is -2.40. The zero-order valence-electron chi connectivity index (χ0n) is 19.9. The minimum atomic E-state index is -1.21. The number of aromatic carboxylic acids is 1. The van der Waals surface area contributed by atoms with E-state index in [2.05, 4.69) is 10.6 Å². The number of nitrogens with zero attached hydrogens (tertiary/aromatic N) is 1. The molecule has 1 aromatic heterocycles. The Labute approximate surface area is 216 Å². The van der Waals surface area contributed by atoms with Crippen LogP contribution in [0.3, 0.4) is 0 Å². The van der Waals surface area contributed by atoms with Gasteiger partial charge in [0.15, 0.2) is 11.5 Å². The van der Waals surface area contributed by atoms with Crippen molar-refractivity contribution in [3.05, 3.63) is 96.6 Å². The molecule has 9 nitrogen and oxygen atoms in total. The van der Waals surface area contributed by atoms with E-state index in [4.69, 9.17) is 9.47 Å². The summed E-state index contributed by atoms with van der Waals surface area (Å²) < 4.78 is 12.9. The predicted octanol–water partition coefficient (Wildman–Crippen LogP) is 5.35. The Hall–Kier alpha value is -5.31. The summed E-state index contributed by atoms with van der Waals surface area (Å²) in [6, 6.07) is 25.8. The molecule has 0 radical (unpaired) electrons. The van der Waals surface area contributed by atoms with E-state index in [1.807, 2.05) is 48.5 Å². The highest BCUT2D eigenvalue weighted by molar-refractivity contribution is 6.15. The average Bonchev–Trinajstić information content (AvgIpc) is 3.27. The van der Waals surface area contributed by atoms with E-state index in [1.54, 1.807) is 28.8 Å². The molecule has 0 aliphatic carbocycles. The normalized spacial score (nSPS) is 14.3. The van der Waals surface area contributed by atoms with Crippen molar-refractivity contribution in [3.63, 3.8) is 0 Å². The number of carboxylic acids is 1. The Balaban J connectivity index is 1.29. The molecule has 0 saturated carbocycles. The number of ether oxygens (including phenoxy) is 2. The number of rotatable bonds is 4. The lowest BCUT2D eigenvalue weighted by atomic mass is 10.1. The van der Waals surface area contributed by atoms with Crippen molar-refractivity contribution in [2.45, 2.75) is 6.10 Å². The largest absolute Gasteiger partial charge is 0.485 e. The van der Waals surface area contributed by atoms with E-state index in [0.29, 0.717) is 22.5 Å². The lowest BCUT2D eigenvalue weighted by molar-refractivity contribution is -0.125. The van der Waals surface area contributed by atoms with Gasteiger partial charge in [-0.3, -0.25) is 9.36 Å². The summed E-state index contributed by atoms with van der Waals surface area (Å²) in [6.45, 7) is -0.00115. The number of carbonyl (C=O) groups is 3. The molecule has 0 spiro atoms.